The van der Waals surface area contributed by atoms with Crippen LogP contribution in [0.2, 0.25) is 0 Å². The SMILES string of the molecule is CCc1nc[nH]c1Cc1cc(C=CC(=O)N2c3cc(OC4(O)OC(CO)C(O)C(O)C4O)c(O)c(O)c3C3C(C45c6c(O)cccc6CCC4CCCC5CO)C(CCC(O)CC4(CNC(N)=NCc5ccccc5)CCCC4)=CC32C(=O)O)ccc1O. The molecule has 1 saturated heterocycles. The normalized spacial score (nSPS) is 29.2. The van der Waals surface area contributed by atoms with Gasteiger partial charge >= 0.3 is 11.9 Å². The number of imidazole rings is 1. The van der Waals surface area contributed by atoms with E-state index in [4.69, 9.17) is 15.2 Å². The highest BCUT2D eigenvalue weighted by molar-refractivity contribution is 6.13. The Morgan fingerprint density at radius 2 is 1.70 bits per heavy atom. The van der Waals surface area contributed by atoms with Crippen molar-refractivity contribution in [2.24, 2.45) is 33.9 Å². The largest absolute Gasteiger partial charge is 0.508 e. The summed E-state index contributed by atoms with van der Waals surface area (Å²) >= 11 is 0. The number of hydrogen-bond donors (Lipinski definition) is 15. The van der Waals surface area contributed by atoms with Gasteiger partial charge in [-0.05, 0) is 129 Å². The molecule has 1 aromatic heterocycles. The number of guanidine groups is 1. The zero-order valence-electron chi connectivity index (χ0n) is 49.1. The molecule has 0 radical (unpaired) electrons. The van der Waals surface area contributed by atoms with E-state index in [9.17, 15) is 61.3 Å². The number of ether oxygens (including phenoxy) is 2. The van der Waals surface area contributed by atoms with E-state index < -0.39 is 113 Å². The number of aliphatic hydroxyl groups is 7. The molecule has 16 N–H and O–H groups in total. The first-order valence-corrected chi connectivity index (χ1v) is 30.5. The van der Waals surface area contributed by atoms with Gasteiger partial charge in [0.2, 0.25) is 5.75 Å². The molecule has 4 aliphatic carbocycles. The second-order valence-corrected chi connectivity index (χ2v) is 25.0. The number of rotatable bonds is 20. The van der Waals surface area contributed by atoms with Crippen molar-refractivity contribution < 1.29 is 80.3 Å². The molecule has 2 saturated carbocycles. The number of nitrogens with two attached hydrogens (primary N) is 1. The number of amides is 1. The standard InChI is InChI=1S/C66H80N6O16/c1-2-44-45(71-35-70-44)27-40-26-36(16-22-47(40)76)17-23-51(78)72-46-28-49(87-66(86)60(83)59(82)57(80)50(33-74)88-66)56(79)58(81)52(46)55-54(65-41(13-9-14-42(65)32-73)20-18-38-12-8-15-48(77)53(38)65)39(29-64(55,72)61(84)85)19-21-43(75)30-63(24-6-7-25-63)34-69-62(67)68-31-37-10-4-3-5-11-37/h3-5,8,10-12,15-17,22-23,26,28-29,35,41-43,50,54-55,57,59-60,73-77,79-83,86H,2,6-7,9,13-14,18-21,24-25,27,30-34H2,1H3,(H,70,71)(H,84,85)(H3,67,68,69). The second kappa shape index (κ2) is 24.8. The maximum atomic E-state index is 15.8. The third kappa shape index (κ3) is 10.8. The highest BCUT2D eigenvalue weighted by atomic mass is 16.8. The minimum atomic E-state index is -3.36. The lowest BCUT2D eigenvalue weighted by atomic mass is 9.45. The van der Waals surface area contributed by atoms with E-state index in [1.54, 1.807) is 30.6 Å². The first-order chi connectivity index (χ1) is 42.2. The number of aliphatic imine (C=N–C) groups is 1. The van der Waals surface area contributed by atoms with Crippen LogP contribution < -0.4 is 20.7 Å². The van der Waals surface area contributed by atoms with Gasteiger partial charge in [0.15, 0.2) is 29.1 Å². The summed E-state index contributed by atoms with van der Waals surface area (Å²) in [5, 5.41) is 143. The molecular formula is C66H80N6O16. The Labute approximate surface area is 509 Å². The Morgan fingerprint density at radius 3 is 2.43 bits per heavy atom. The average molecular weight is 1210 g/mol. The highest BCUT2D eigenvalue weighted by Gasteiger charge is 2.72. The molecule has 1 amide bonds. The van der Waals surface area contributed by atoms with Crippen LogP contribution in [-0.4, -0.2) is 151 Å². The molecule has 88 heavy (non-hydrogen) atoms. The Balaban J connectivity index is 1.06. The van der Waals surface area contributed by atoms with E-state index in [-0.39, 0.29) is 53.9 Å². The first-order valence-electron chi connectivity index (χ1n) is 30.5. The maximum Gasteiger partial charge on any atom is 0.355 e. The molecule has 12 atom stereocenters. The van der Waals surface area contributed by atoms with Crippen molar-refractivity contribution in [3.63, 3.8) is 0 Å². The van der Waals surface area contributed by atoms with Crippen molar-refractivity contribution in [1.82, 2.24) is 15.3 Å². The first kappa shape index (κ1) is 62.1. The van der Waals surface area contributed by atoms with Gasteiger partial charge in [-0.15, -0.1) is 0 Å². The van der Waals surface area contributed by atoms with Crippen LogP contribution in [0.1, 0.15) is 128 Å². The lowest BCUT2D eigenvalue weighted by molar-refractivity contribution is -0.422. The van der Waals surface area contributed by atoms with Gasteiger partial charge in [0.1, 0.15) is 29.8 Å². The zero-order chi connectivity index (χ0) is 62.5. The fourth-order valence-electron chi connectivity index (χ4n) is 16.1. The monoisotopic (exact) mass is 1210 g/mol. The van der Waals surface area contributed by atoms with E-state index in [0.29, 0.717) is 80.3 Å². The quantitative estimate of drug-likeness (QED) is 0.0123. The number of aromatic amines is 1. The molecule has 4 aromatic carbocycles. The van der Waals surface area contributed by atoms with Gasteiger partial charge in [-0.3, -0.25) is 9.69 Å². The number of aliphatic carboxylic acids is 1. The van der Waals surface area contributed by atoms with Crippen molar-refractivity contribution >= 4 is 29.6 Å². The minimum absolute atomic E-state index is 0.0348. The minimum Gasteiger partial charge on any atom is -0.508 e. The molecule has 2 aliphatic heterocycles. The van der Waals surface area contributed by atoms with E-state index >= 15 is 9.59 Å². The number of anilines is 1. The number of carboxylic acid groups (broad SMARTS) is 1. The summed E-state index contributed by atoms with van der Waals surface area (Å²) in [6, 6.07) is 20.5. The summed E-state index contributed by atoms with van der Waals surface area (Å²) in [4.78, 5) is 44.0. The van der Waals surface area contributed by atoms with Crippen LogP contribution in [0.15, 0.2) is 102 Å². The van der Waals surface area contributed by atoms with Crippen molar-refractivity contribution in [2.75, 3.05) is 24.7 Å². The van der Waals surface area contributed by atoms with Crippen LogP contribution in [0.25, 0.3) is 6.08 Å². The molecule has 22 heteroatoms. The fourth-order valence-corrected chi connectivity index (χ4v) is 16.1. The Bertz CT molecular complexity index is 3490. The molecule has 22 nitrogen and oxygen atoms in total. The van der Waals surface area contributed by atoms with Gasteiger partial charge in [0.05, 0.1) is 37.0 Å². The summed E-state index contributed by atoms with van der Waals surface area (Å²) < 4.78 is 11.2. The number of hydrogen-bond acceptors (Lipinski definition) is 17. The number of phenolic OH excluding ortho intramolecular Hbond substituents is 4. The average Bonchev–Trinajstić information content (AvgIpc) is 1.46. The lowest BCUT2D eigenvalue weighted by Gasteiger charge is -2.58. The number of aromatic nitrogens is 2. The van der Waals surface area contributed by atoms with Gasteiger partial charge in [0.25, 0.3) is 5.91 Å². The van der Waals surface area contributed by atoms with Crippen molar-refractivity contribution in [3.05, 3.63) is 142 Å². The number of carbonyl (C=O) groups excluding carboxylic acids is 1. The summed E-state index contributed by atoms with van der Waals surface area (Å²) in [6.07, 6.45) is 3.75. The molecular weight excluding hydrogens is 1130 g/mol. The molecule has 11 rings (SSSR count). The number of nitrogens with one attached hydrogen (secondary N) is 2. The van der Waals surface area contributed by atoms with Crippen molar-refractivity contribution in [2.45, 2.75) is 157 Å². The summed E-state index contributed by atoms with van der Waals surface area (Å²) in [5.74, 6) is -12.5. The molecule has 0 bridgehead atoms. The number of nitrogens with zero attached hydrogens (tertiary/aromatic N) is 3. The highest BCUT2D eigenvalue weighted by Crippen LogP contribution is 2.72. The van der Waals surface area contributed by atoms with Gasteiger partial charge in [-0.25, -0.2) is 14.8 Å². The second-order valence-electron chi connectivity index (χ2n) is 25.0. The summed E-state index contributed by atoms with van der Waals surface area (Å²) in [6.45, 7) is 1.34. The van der Waals surface area contributed by atoms with E-state index in [1.165, 1.54) is 18.2 Å². The topological polar surface area (TPSA) is 378 Å². The van der Waals surface area contributed by atoms with Crippen molar-refractivity contribution in [1.29, 1.82) is 0 Å². The Kier molecular flexibility index (Phi) is 17.5. The number of aromatic hydroxyl groups is 4. The number of carbonyl (C=O) groups is 2. The predicted molar refractivity (Wildman–Crippen MR) is 322 cm³/mol. The summed E-state index contributed by atoms with van der Waals surface area (Å²) in [5.41, 5.74) is 6.71. The number of benzene rings is 4. The summed E-state index contributed by atoms with van der Waals surface area (Å²) in [7, 11) is 0. The number of H-pyrrole nitrogens is 1. The van der Waals surface area contributed by atoms with Crippen LogP contribution in [0.4, 0.5) is 5.69 Å². The van der Waals surface area contributed by atoms with Gasteiger partial charge in [-0.2, -0.15) is 0 Å². The third-order valence-corrected chi connectivity index (χ3v) is 20.1. The number of allylic oxidation sites excluding steroid dienone is 1. The predicted octanol–water partition coefficient (Wildman–Crippen LogP) is 4.90. The third-order valence-electron chi connectivity index (χ3n) is 20.1. The number of phenols is 4. The number of fused-ring (bicyclic) bond motifs is 6. The van der Waals surface area contributed by atoms with Crippen molar-refractivity contribution in [3.8, 4) is 28.7 Å². The fraction of sp³-hybridized carbons (Fsp3) is 0.485. The van der Waals surface area contributed by atoms with Gasteiger partial charge in [-0.1, -0.05) is 80.3 Å². The van der Waals surface area contributed by atoms with E-state index in [2.05, 4.69) is 20.3 Å². The van der Waals surface area contributed by atoms with Gasteiger partial charge in [0, 0.05) is 71.3 Å². The van der Waals surface area contributed by atoms with E-state index in [1.807, 2.05) is 43.3 Å². The maximum absolute atomic E-state index is 15.8. The molecule has 470 valence electrons. The van der Waals surface area contributed by atoms with Crippen LogP contribution in [0, 0.1) is 23.2 Å². The number of carboxylic acids is 1. The van der Waals surface area contributed by atoms with Crippen LogP contribution in [0.3, 0.4) is 0 Å². The smallest absolute Gasteiger partial charge is 0.355 e. The molecule has 3 heterocycles. The Hall–Kier alpha value is -7.54. The molecule has 3 fully saturated rings. The number of aryl methyl sites for hydroxylation is 2. The number of aliphatic hydroxyl groups excluding tert-OH is 6. The van der Waals surface area contributed by atoms with Crippen LogP contribution >= 0.6 is 0 Å². The zero-order valence-corrected chi connectivity index (χ0v) is 49.1. The molecule has 0 spiro atoms. The van der Waals surface area contributed by atoms with Crippen LogP contribution in [-0.2, 0) is 45.5 Å². The molecule has 12 unspecified atom stereocenters. The molecule has 5 aromatic rings. The van der Waals surface area contributed by atoms with E-state index in [0.717, 1.165) is 65.2 Å². The van der Waals surface area contributed by atoms with Gasteiger partial charge < -0.3 is 86.8 Å². The molecule has 6 aliphatic rings. The lowest BCUT2D eigenvalue weighted by Crippen LogP contribution is -2.67. The Morgan fingerprint density at radius 1 is 0.932 bits per heavy atom. The van der Waals surface area contributed by atoms with Crippen LogP contribution in [0.5, 0.6) is 28.7 Å².